The Morgan fingerprint density at radius 1 is 1.14 bits per heavy atom. The van der Waals surface area contributed by atoms with E-state index < -0.39 is 5.82 Å². The predicted octanol–water partition coefficient (Wildman–Crippen LogP) is 3.27. The fraction of sp³-hybridized carbons (Fsp3) is 0.462. The maximum absolute atomic E-state index is 14.2. The normalized spacial score (nSPS) is 19.4. The Morgan fingerprint density at radius 2 is 1.92 bits per heavy atom. The number of aromatic amines is 1. The quantitative estimate of drug-likeness (QED) is 0.419. The zero-order valence-corrected chi connectivity index (χ0v) is 20.4. The zero-order chi connectivity index (χ0) is 25.2. The monoisotopic (exact) mass is 495 g/mol. The molecule has 0 aliphatic heterocycles. The third-order valence-corrected chi connectivity index (χ3v) is 6.78. The molecule has 190 valence electrons. The summed E-state index contributed by atoms with van der Waals surface area (Å²) in [6, 6.07) is 4.32. The molecule has 2 aromatic heterocycles. The maximum atomic E-state index is 14.2. The number of hydrogen-bond donors (Lipinski definition) is 3. The summed E-state index contributed by atoms with van der Waals surface area (Å²) in [4.78, 5) is 37.1. The molecule has 5 rings (SSSR count). The van der Waals surface area contributed by atoms with Crippen molar-refractivity contribution in [2.45, 2.75) is 51.1 Å². The van der Waals surface area contributed by atoms with Crippen LogP contribution in [0.5, 0.6) is 5.75 Å². The van der Waals surface area contributed by atoms with Gasteiger partial charge in [-0.1, -0.05) is 0 Å². The number of nitrogens with zero attached hydrogens (tertiary/aromatic N) is 2. The van der Waals surface area contributed by atoms with Crippen LogP contribution in [0.15, 0.2) is 24.5 Å². The van der Waals surface area contributed by atoms with Crippen LogP contribution in [0.25, 0.3) is 22.3 Å². The number of benzene rings is 1. The summed E-state index contributed by atoms with van der Waals surface area (Å²) < 4.78 is 25.1. The molecular formula is C26H30FN5O4. The molecule has 2 aliphatic rings. The number of halogens is 1. The number of methoxy groups -OCH3 is 1. The van der Waals surface area contributed by atoms with Crippen LogP contribution in [-0.4, -0.2) is 59.2 Å². The van der Waals surface area contributed by atoms with E-state index in [1.807, 2.05) is 0 Å². The first-order chi connectivity index (χ1) is 17.4. The van der Waals surface area contributed by atoms with Crippen molar-refractivity contribution in [3.05, 3.63) is 41.6 Å². The molecule has 36 heavy (non-hydrogen) atoms. The molecule has 2 heterocycles. The summed E-state index contributed by atoms with van der Waals surface area (Å²) in [7, 11) is 1.48. The van der Waals surface area contributed by atoms with Gasteiger partial charge in [-0.15, -0.1) is 0 Å². The van der Waals surface area contributed by atoms with Crippen molar-refractivity contribution in [1.82, 2.24) is 25.6 Å². The van der Waals surface area contributed by atoms with Crippen LogP contribution in [0, 0.1) is 18.7 Å². The molecule has 3 aromatic rings. The van der Waals surface area contributed by atoms with Crippen LogP contribution in [0.3, 0.4) is 0 Å². The Balaban J connectivity index is 1.38. The smallest absolute Gasteiger partial charge is 0.255 e. The molecule has 2 amide bonds. The van der Waals surface area contributed by atoms with Crippen molar-refractivity contribution in [2.24, 2.45) is 5.92 Å². The summed E-state index contributed by atoms with van der Waals surface area (Å²) in [5, 5.41) is 6.01. The minimum Gasteiger partial charge on any atom is -0.493 e. The standard InChI is InChI=1S/C26H30FN5O4/c1-14-22(26(34)32-18-7-6-17(10-18)31-21(33)12-35-2)24-25(30-14)23(28-13-29-24)19-9-16(27)5-8-20(19)36-11-15-3-4-15/h5,8-9,13,15,17-18,30H,3-4,6-7,10-12H2,1-2H3,(H,31,33)(H,32,34)/t17-,18+/m1/s1. The van der Waals surface area contributed by atoms with Gasteiger partial charge < -0.3 is 25.1 Å². The van der Waals surface area contributed by atoms with Gasteiger partial charge in [-0.05, 0) is 63.1 Å². The summed E-state index contributed by atoms with van der Waals surface area (Å²) in [6.45, 7) is 2.40. The summed E-state index contributed by atoms with van der Waals surface area (Å²) in [5.41, 5.74) is 3.09. The molecule has 0 radical (unpaired) electrons. The number of aromatic nitrogens is 3. The fourth-order valence-corrected chi connectivity index (χ4v) is 4.81. The molecule has 1 aromatic carbocycles. The van der Waals surface area contributed by atoms with Crippen molar-refractivity contribution < 1.29 is 23.5 Å². The van der Waals surface area contributed by atoms with E-state index in [4.69, 9.17) is 9.47 Å². The van der Waals surface area contributed by atoms with Crippen LogP contribution in [0.4, 0.5) is 4.39 Å². The molecule has 3 N–H and O–H groups in total. The average Bonchev–Trinajstić information content (AvgIpc) is 3.47. The van der Waals surface area contributed by atoms with Gasteiger partial charge in [0.25, 0.3) is 5.91 Å². The number of rotatable bonds is 9. The van der Waals surface area contributed by atoms with Gasteiger partial charge in [-0.3, -0.25) is 9.59 Å². The van der Waals surface area contributed by atoms with Crippen LogP contribution < -0.4 is 15.4 Å². The number of carbonyl (C=O) groups is 2. The highest BCUT2D eigenvalue weighted by atomic mass is 19.1. The highest BCUT2D eigenvalue weighted by Crippen LogP contribution is 2.37. The van der Waals surface area contributed by atoms with E-state index in [9.17, 15) is 14.0 Å². The molecule has 0 saturated heterocycles. The van der Waals surface area contributed by atoms with Gasteiger partial charge in [0.2, 0.25) is 5.91 Å². The van der Waals surface area contributed by atoms with Crippen LogP contribution >= 0.6 is 0 Å². The van der Waals surface area contributed by atoms with Crippen LogP contribution in [0.2, 0.25) is 0 Å². The first kappa shape index (κ1) is 24.2. The van der Waals surface area contributed by atoms with Gasteiger partial charge in [-0.25, -0.2) is 14.4 Å². The van der Waals surface area contributed by atoms with E-state index in [0.717, 1.165) is 25.7 Å². The van der Waals surface area contributed by atoms with Gasteiger partial charge in [0.1, 0.15) is 35.7 Å². The number of aryl methyl sites for hydroxylation is 1. The third kappa shape index (κ3) is 5.18. The minimum absolute atomic E-state index is 0.00187. The van der Waals surface area contributed by atoms with E-state index in [1.54, 1.807) is 13.0 Å². The van der Waals surface area contributed by atoms with Crippen molar-refractivity contribution >= 4 is 22.8 Å². The van der Waals surface area contributed by atoms with E-state index in [2.05, 4.69) is 25.6 Å². The predicted molar refractivity (Wildman–Crippen MR) is 131 cm³/mol. The number of amides is 2. The lowest BCUT2D eigenvalue weighted by molar-refractivity contribution is -0.125. The van der Waals surface area contributed by atoms with Crippen molar-refractivity contribution in [2.75, 3.05) is 20.3 Å². The van der Waals surface area contributed by atoms with Gasteiger partial charge in [-0.2, -0.15) is 0 Å². The summed E-state index contributed by atoms with van der Waals surface area (Å²) >= 11 is 0. The number of carbonyl (C=O) groups excluding carboxylic acids is 2. The molecule has 0 unspecified atom stereocenters. The molecule has 2 fully saturated rings. The first-order valence-electron chi connectivity index (χ1n) is 12.3. The number of hydrogen-bond acceptors (Lipinski definition) is 6. The van der Waals surface area contributed by atoms with Gasteiger partial charge in [0.05, 0.1) is 17.7 Å². The Bertz CT molecular complexity index is 1290. The second kappa shape index (κ2) is 10.2. The minimum atomic E-state index is -0.398. The highest BCUT2D eigenvalue weighted by Gasteiger charge is 2.29. The molecule has 10 heteroatoms. The Labute approximate surface area is 208 Å². The van der Waals surface area contributed by atoms with Crippen LogP contribution in [0.1, 0.15) is 48.2 Å². The molecule has 9 nitrogen and oxygen atoms in total. The van der Waals surface area contributed by atoms with Crippen molar-refractivity contribution in [1.29, 1.82) is 0 Å². The Kier molecular flexibility index (Phi) is 6.86. The second-order valence-corrected chi connectivity index (χ2v) is 9.65. The van der Waals surface area contributed by atoms with Crippen molar-refractivity contribution in [3.8, 4) is 17.0 Å². The van der Waals surface area contributed by atoms with Gasteiger partial charge in [0, 0.05) is 30.5 Å². The lowest BCUT2D eigenvalue weighted by Crippen LogP contribution is -2.38. The Hall–Kier alpha value is -3.53. The molecular weight excluding hydrogens is 465 g/mol. The Morgan fingerprint density at radius 3 is 2.67 bits per heavy atom. The number of fused-ring (bicyclic) bond motifs is 1. The lowest BCUT2D eigenvalue weighted by atomic mass is 10.1. The highest BCUT2D eigenvalue weighted by molar-refractivity contribution is 6.09. The van der Waals surface area contributed by atoms with Gasteiger partial charge in [0.15, 0.2) is 0 Å². The van der Waals surface area contributed by atoms with Crippen molar-refractivity contribution in [3.63, 3.8) is 0 Å². The largest absolute Gasteiger partial charge is 0.493 e. The topological polar surface area (TPSA) is 118 Å². The fourth-order valence-electron chi connectivity index (χ4n) is 4.81. The van der Waals surface area contributed by atoms with E-state index in [-0.39, 0.29) is 30.5 Å². The van der Waals surface area contributed by atoms with Crippen LogP contribution in [-0.2, 0) is 9.53 Å². The van der Waals surface area contributed by atoms with E-state index in [0.29, 0.717) is 58.2 Å². The molecule has 2 atom stereocenters. The molecule has 0 bridgehead atoms. The second-order valence-electron chi connectivity index (χ2n) is 9.65. The zero-order valence-electron chi connectivity index (χ0n) is 20.4. The number of ether oxygens (including phenoxy) is 2. The van der Waals surface area contributed by atoms with Gasteiger partial charge >= 0.3 is 0 Å². The SMILES string of the molecule is COCC(=O)N[C@@H]1CC[C@H](NC(=O)c2c(C)[nH]c3c(-c4cc(F)ccc4OCC4CC4)ncnc23)C1. The first-order valence-corrected chi connectivity index (χ1v) is 12.3. The molecule has 2 saturated carbocycles. The van der Waals surface area contributed by atoms with E-state index in [1.165, 1.54) is 25.6 Å². The summed E-state index contributed by atoms with van der Waals surface area (Å²) in [6.07, 6.45) is 5.86. The summed E-state index contributed by atoms with van der Waals surface area (Å²) in [5.74, 6) is 0.282. The number of nitrogens with one attached hydrogen (secondary N) is 3. The van der Waals surface area contributed by atoms with E-state index >= 15 is 0 Å². The third-order valence-electron chi connectivity index (χ3n) is 6.78. The maximum Gasteiger partial charge on any atom is 0.255 e. The molecule has 0 spiro atoms. The molecule has 2 aliphatic carbocycles. The average molecular weight is 496 g/mol. The lowest BCUT2D eigenvalue weighted by Gasteiger charge is -2.15. The number of H-pyrrole nitrogens is 1.